The van der Waals surface area contributed by atoms with E-state index in [0.717, 1.165) is 12.0 Å². The van der Waals surface area contributed by atoms with Crippen molar-refractivity contribution in [1.82, 2.24) is 15.0 Å². The van der Waals surface area contributed by atoms with Gasteiger partial charge in [-0.15, -0.1) is 0 Å². The highest BCUT2D eigenvalue weighted by Gasteiger charge is 2.23. The van der Waals surface area contributed by atoms with Gasteiger partial charge in [0.15, 0.2) is 0 Å². The number of aryl methyl sites for hydroxylation is 1. The molecule has 3 rings (SSSR count). The fraction of sp³-hybridized carbons (Fsp3) is 0.533. The Hall–Kier alpha value is -1.73. The second-order valence-corrected chi connectivity index (χ2v) is 6.04. The quantitative estimate of drug-likeness (QED) is 0.845. The summed E-state index contributed by atoms with van der Waals surface area (Å²) in [7, 11) is 0. The Labute approximate surface area is 133 Å². The van der Waals surface area contributed by atoms with Crippen LogP contribution < -0.4 is 0 Å². The molecule has 6 nitrogen and oxygen atoms in total. The minimum absolute atomic E-state index is 0.122. The third kappa shape index (κ3) is 3.53. The Balaban J connectivity index is 1.53. The van der Waals surface area contributed by atoms with Crippen LogP contribution in [0.25, 0.3) is 11.4 Å². The number of hydrogen-bond acceptors (Lipinski definition) is 6. The smallest absolute Gasteiger partial charge is 0.227 e. The van der Waals surface area contributed by atoms with Crippen molar-refractivity contribution >= 4 is 17.2 Å². The number of carbonyl (C=O) groups excluding carboxylic acids is 1. The van der Waals surface area contributed by atoms with E-state index in [1.807, 2.05) is 21.7 Å². The van der Waals surface area contributed by atoms with Crippen molar-refractivity contribution in [1.29, 1.82) is 0 Å². The van der Waals surface area contributed by atoms with Gasteiger partial charge in [-0.05, 0) is 17.9 Å². The van der Waals surface area contributed by atoms with Crippen LogP contribution in [0.3, 0.4) is 0 Å². The standard InChI is InChI=1S/C15H19N3O3S/c1-2-12-9-18(6-7-20-12)14(19)4-3-13-16-15(17-21-13)11-5-8-22-10-11/h5,8,10,12H,2-4,6-7,9H2,1H3/t12-/m0/s1. The zero-order valence-corrected chi connectivity index (χ0v) is 13.3. The molecule has 2 aromatic rings. The zero-order valence-electron chi connectivity index (χ0n) is 12.5. The summed E-state index contributed by atoms with van der Waals surface area (Å²) in [6, 6.07) is 1.95. The molecule has 0 N–H and O–H groups in total. The summed E-state index contributed by atoms with van der Waals surface area (Å²) in [5, 5.41) is 7.89. The number of aromatic nitrogens is 2. The Morgan fingerprint density at radius 2 is 2.45 bits per heavy atom. The molecule has 2 aromatic heterocycles. The maximum atomic E-state index is 12.3. The fourth-order valence-corrected chi connectivity index (χ4v) is 3.06. The lowest BCUT2D eigenvalue weighted by Gasteiger charge is -2.32. The first-order valence-electron chi connectivity index (χ1n) is 7.50. The van der Waals surface area contributed by atoms with E-state index in [1.54, 1.807) is 11.3 Å². The van der Waals surface area contributed by atoms with Crippen LogP contribution in [0.4, 0.5) is 0 Å². The van der Waals surface area contributed by atoms with E-state index in [4.69, 9.17) is 9.26 Å². The van der Waals surface area contributed by atoms with E-state index in [2.05, 4.69) is 17.1 Å². The first kappa shape index (κ1) is 15.2. The van der Waals surface area contributed by atoms with Gasteiger partial charge in [-0.3, -0.25) is 4.79 Å². The van der Waals surface area contributed by atoms with Crippen molar-refractivity contribution in [3.05, 3.63) is 22.7 Å². The van der Waals surface area contributed by atoms with Gasteiger partial charge in [-0.25, -0.2) is 0 Å². The number of ether oxygens (including phenoxy) is 1. The fourth-order valence-electron chi connectivity index (χ4n) is 2.43. The Bertz CT molecular complexity index is 611. The average molecular weight is 321 g/mol. The van der Waals surface area contributed by atoms with Crippen LogP contribution in [0.2, 0.25) is 0 Å². The predicted octanol–water partition coefficient (Wildman–Crippen LogP) is 2.37. The molecule has 0 bridgehead atoms. The minimum atomic E-state index is 0.122. The van der Waals surface area contributed by atoms with E-state index in [1.165, 1.54) is 0 Å². The topological polar surface area (TPSA) is 68.5 Å². The lowest BCUT2D eigenvalue weighted by molar-refractivity contribution is -0.138. The summed E-state index contributed by atoms with van der Waals surface area (Å²) in [5.41, 5.74) is 0.949. The van der Waals surface area contributed by atoms with Crippen molar-refractivity contribution in [2.45, 2.75) is 32.3 Å². The number of thiophene rings is 1. The molecular formula is C15H19N3O3S. The Morgan fingerprint density at radius 3 is 3.23 bits per heavy atom. The lowest BCUT2D eigenvalue weighted by atomic mass is 10.2. The van der Waals surface area contributed by atoms with Crippen LogP contribution in [0, 0.1) is 0 Å². The van der Waals surface area contributed by atoms with Gasteiger partial charge in [0.1, 0.15) is 0 Å². The molecule has 0 aromatic carbocycles. The minimum Gasteiger partial charge on any atom is -0.375 e. The second-order valence-electron chi connectivity index (χ2n) is 5.26. The first-order chi connectivity index (χ1) is 10.8. The van der Waals surface area contributed by atoms with Crippen molar-refractivity contribution in [2.75, 3.05) is 19.7 Å². The molecule has 118 valence electrons. The SMILES string of the molecule is CC[C@H]1CN(C(=O)CCc2nc(-c3ccsc3)no2)CCO1. The van der Waals surface area contributed by atoms with Crippen molar-refractivity contribution in [3.63, 3.8) is 0 Å². The van der Waals surface area contributed by atoms with Gasteiger partial charge >= 0.3 is 0 Å². The Morgan fingerprint density at radius 1 is 1.55 bits per heavy atom. The van der Waals surface area contributed by atoms with Crippen LogP contribution in [0.5, 0.6) is 0 Å². The van der Waals surface area contributed by atoms with Crippen LogP contribution in [0.1, 0.15) is 25.7 Å². The van der Waals surface area contributed by atoms with Crippen molar-refractivity contribution in [2.24, 2.45) is 0 Å². The molecule has 0 spiro atoms. The number of hydrogen-bond donors (Lipinski definition) is 0. The maximum absolute atomic E-state index is 12.3. The molecule has 1 amide bonds. The van der Waals surface area contributed by atoms with E-state index in [0.29, 0.717) is 44.3 Å². The molecule has 1 saturated heterocycles. The van der Waals surface area contributed by atoms with Gasteiger partial charge in [0.05, 0.1) is 12.7 Å². The molecule has 1 fully saturated rings. The summed E-state index contributed by atoms with van der Waals surface area (Å²) >= 11 is 1.59. The molecule has 0 radical (unpaired) electrons. The summed E-state index contributed by atoms with van der Waals surface area (Å²) in [4.78, 5) is 18.5. The highest BCUT2D eigenvalue weighted by Crippen LogP contribution is 2.19. The van der Waals surface area contributed by atoms with Gasteiger partial charge in [-0.2, -0.15) is 16.3 Å². The third-order valence-corrected chi connectivity index (χ3v) is 4.43. The van der Waals surface area contributed by atoms with Crippen LogP contribution >= 0.6 is 11.3 Å². The monoisotopic (exact) mass is 321 g/mol. The first-order valence-corrected chi connectivity index (χ1v) is 8.45. The summed E-state index contributed by atoms with van der Waals surface area (Å²) in [6.45, 7) is 4.04. The van der Waals surface area contributed by atoms with E-state index in [-0.39, 0.29) is 12.0 Å². The summed E-state index contributed by atoms with van der Waals surface area (Å²) in [6.07, 6.45) is 1.95. The van der Waals surface area contributed by atoms with E-state index < -0.39 is 0 Å². The third-order valence-electron chi connectivity index (χ3n) is 3.75. The Kier molecular flexibility index (Phi) is 4.84. The molecule has 0 unspecified atom stereocenters. The lowest BCUT2D eigenvalue weighted by Crippen LogP contribution is -2.45. The number of rotatable bonds is 5. The van der Waals surface area contributed by atoms with Crippen molar-refractivity contribution < 1.29 is 14.1 Å². The largest absolute Gasteiger partial charge is 0.375 e. The van der Waals surface area contributed by atoms with Crippen LogP contribution in [-0.2, 0) is 16.0 Å². The molecule has 1 atom stereocenters. The molecular weight excluding hydrogens is 302 g/mol. The molecule has 7 heteroatoms. The van der Waals surface area contributed by atoms with Crippen LogP contribution in [-0.4, -0.2) is 46.7 Å². The molecule has 1 aliphatic rings. The maximum Gasteiger partial charge on any atom is 0.227 e. The predicted molar refractivity (Wildman–Crippen MR) is 82.5 cm³/mol. The highest BCUT2D eigenvalue weighted by atomic mass is 32.1. The molecule has 0 saturated carbocycles. The molecule has 3 heterocycles. The van der Waals surface area contributed by atoms with Gasteiger partial charge in [0.25, 0.3) is 0 Å². The van der Waals surface area contributed by atoms with Gasteiger partial charge in [0.2, 0.25) is 17.6 Å². The van der Waals surface area contributed by atoms with E-state index >= 15 is 0 Å². The molecule has 0 aliphatic carbocycles. The number of morpholine rings is 1. The zero-order chi connectivity index (χ0) is 15.4. The molecule has 22 heavy (non-hydrogen) atoms. The molecule has 1 aliphatic heterocycles. The number of carbonyl (C=O) groups is 1. The van der Waals surface area contributed by atoms with Gasteiger partial charge in [-0.1, -0.05) is 12.1 Å². The van der Waals surface area contributed by atoms with E-state index in [9.17, 15) is 4.79 Å². The summed E-state index contributed by atoms with van der Waals surface area (Å²) in [5.74, 6) is 1.22. The number of amides is 1. The van der Waals surface area contributed by atoms with Crippen LogP contribution in [0.15, 0.2) is 21.3 Å². The number of nitrogens with zero attached hydrogens (tertiary/aromatic N) is 3. The van der Waals surface area contributed by atoms with Crippen molar-refractivity contribution in [3.8, 4) is 11.4 Å². The highest BCUT2D eigenvalue weighted by molar-refractivity contribution is 7.08. The average Bonchev–Trinajstić information content (AvgIpc) is 3.23. The second kappa shape index (κ2) is 7.02. The van der Waals surface area contributed by atoms with Gasteiger partial charge in [0, 0.05) is 36.9 Å². The van der Waals surface area contributed by atoms with Gasteiger partial charge < -0.3 is 14.2 Å². The normalized spacial score (nSPS) is 18.6. The summed E-state index contributed by atoms with van der Waals surface area (Å²) < 4.78 is 10.8.